The fraction of sp³-hybridized carbons (Fsp3) is 0.619. The molecule has 0 saturated carbocycles. The SMILES string of the molecule is CCCCCCNC(=O)C1CCCN(CC(=O)Nc2ccc(SC(F)F)cc2)C1. The predicted molar refractivity (Wildman–Crippen MR) is 113 cm³/mol. The molecule has 8 heteroatoms. The van der Waals surface area contributed by atoms with Crippen LogP contribution in [0.1, 0.15) is 45.4 Å². The van der Waals surface area contributed by atoms with Gasteiger partial charge in [-0.3, -0.25) is 14.5 Å². The summed E-state index contributed by atoms with van der Waals surface area (Å²) >= 11 is 0.474. The lowest BCUT2D eigenvalue weighted by Gasteiger charge is -2.31. The molecule has 162 valence electrons. The first-order chi connectivity index (χ1) is 14.0. The van der Waals surface area contributed by atoms with E-state index in [1.54, 1.807) is 24.3 Å². The number of piperidine rings is 1. The molecular formula is C21H31F2N3O2S. The fourth-order valence-corrected chi connectivity index (χ4v) is 3.94. The Kier molecular flexibility index (Phi) is 10.4. The molecule has 1 aliphatic heterocycles. The summed E-state index contributed by atoms with van der Waals surface area (Å²) in [5.41, 5.74) is 0.576. The first-order valence-electron chi connectivity index (χ1n) is 10.3. The molecule has 2 rings (SSSR count). The van der Waals surface area contributed by atoms with Crippen molar-refractivity contribution in [3.8, 4) is 0 Å². The minimum absolute atomic E-state index is 0.0756. The number of benzene rings is 1. The maximum absolute atomic E-state index is 12.4. The third-order valence-electron chi connectivity index (χ3n) is 4.94. The lowest BCUT2D eigenvalue weighted by molar-refractivity contribution is -0.128. The average Bonchev–Trinajstić information content (AvgIpc) is 2.69. The van der Waals surface area contributed by atoms with Crippen molar-refractivity contribution in [2.75, 3.05) is 31.5 Å². The highest BCUT2D eigenvalue weighted by atomic mass is 32.2. The van der Waals surface area contributed by atoms with Gasteiger partial charge in [0.15, 0.2) is 0 Å². The number of hydrogen-bond acceptors (Lipinski definition) is 4. The molecule has 1 heterocycles. The molecule has 1 saturated heterocycles. The molecule has 1 aromatic rings. The summed E-state index contributed by atoms with van der Waals surface area (Å²) in [7, 11) is 0. The van der Waals surface area contributed by atoms with Crippen LogP contribution in [0.3, 0.4) is 0 Å². The third-order valence-corrected chi connectivity index (χ3v) is 5.66. The normalized spacial score (nSPS) is 17.3. The Morgan fingerprint density at radius 1 is 1.21 bits per heavy atom. The van der Waals surface area contributed by atoms with Crippen LogP contribution >= 0.6 is 11.8 Å². The average molecular weight is 428 g/mol. The smallest absolute Gasteiger partial charge is 0.288 e. The second kappa shape index (κ2) is 12.8. The van der Waals surface area contributed by atoms with Crippen molar-refractivity contribution in [1.29, 1.82) is 0 Å². The highest BCUT2D eigenvalue weighted by Crippen LogP contribution is 2.26. The summed E-state index contributed by atoms with van der Waals surface area (Å²) in [5.74, 6) is -2.62. The number of carbonyl (C=O) groups excluding carboxylic acids is 2. The van der Waals surface area contributed by atoms with Crippen LogP contribution in [0.2, 0.25) is 0 Å². The van der Waals surface area contributed by atoms with E-state index in [0.29, 0.717) is 28.9 Å². The maximum atomic E-state index is 12.4. The van der Waals surface area contributed by atoms with Crippen LogP contribution in [0.4, 0.5) is 14.5 Å². The number of alkyl halides is 2. The highest BCUT2D eigenvalue weighted by Gasteiger charge is 2.26. The molecular weight excluding hydrogens is 396 g/mol. The summed E-state index contributed by atoms with van der Waals surface area (Å²) in [4.78, 5) is 27.1. The van der Waals surface area contributed by atoms with Crippen molar-refractivity contribution in [3.05, 3.63) is 24.3 Å². The molecule has 0 radical (unpaired) electrons. The summed E-state index contributed by atoms with van der Waals surface area (Å²) in [5, 5.41) is 5.81. The Labute approximate surface area is 176 Å². The van der Waals surface area contributed by atoms with Crippen molar-refractivity contribution in [2.45, 2.75) is 56.1 Å². The highest BCUT2D eigenvalue weighted by molar-refractivity contribution is 7.99. The number of carbonyl (C=O) groups is 2. The van der Waals surface area contributed by atoms with Crippen molar-refractivity contribution in [2.24, 2.45) is 5.92 Å². The van der Waals surface area contributed by atoms with Crippen LogP contribution in [-0.4, -0.2) is 48.7 Å². The first-order valence-corrected chi connectivity index (χ1v) is 11.2. The fourth-order valence-electron chi connectivity index (χ4n) is 3.44. The zero-order chi connectivity index (χ0) is 21.1. The number of nitrogens with one attached hydrogen (secondary N) is 2. The van der Waals surface area contributed by atoms with E-state index in [4.69, 9.17) is 0 Å². The number of hydrogen-bond donors (Lipinski definition) is 2. The lowest BCUT2D eigenvalue weighted by Crippen LogP contribution is -2.45. The van der Waals surface area contributed by atoms with Crippen molar-refractivity contribution < 1.29 is 18.4 Å². The van der Waals surface area contributed by atoms with E-state index in [9.17, 15) is 18.4 Å². The van der Waals surface area contributed by atoms with E-state index in [2.05, 4.69) is 17.6 Å². The number of likely N-dealkylation sites (tertiary alicyclic amines) is 1. The monoisotopic (exact) mass is 427 g/mol. The molecule has 1 aromatic carbocycles. The Hall–Kier alpha value is -1.67. The first kappa shape index (κ1) is 23.6. The predicted octanol–water partition coefficient (Wildman–Crippen LogP) is 4.35. The molecule has 1 unspecified atom stereocenters. The van der Waals surface area contributed by atoms with Crippen molar-refractivity contribution >= 4 is 29.3 Å². The third kappa shape index (κ3) is 9.12. The Morgan fingerprint density at radius 3 is 2.66 bits per heavy atom. The number of nitrogens with zero attached hydrogens (tertiary/aromatic N) is 1. The zero-order valence-electron chi connectivity index (χ0n) is 17.0. The van der Waals surface area contributed by atoms with Gasteiger partial charge in [0.05, 0.1) is 12.5 Å². The summed E-state index contributed by atoms with van der Waals surface area (Å²) < 4.78 is 24.7. The number of anilines is 1. The van der Waals surface area contributed by atoms with E-state index < -0.39 is 5.76 Å². The van der Waals surface area contributed by atoms with Gasteiger partial charge >= 0.3 is 0 Å². The molecule has 1 atom stereocenters. The molecule has 0 aromatic heterocycles. The molecule has 1 fully saturated rings. The number of amides is 2. The number of rotatable bonds is 11. The molecule has 5 nitrogen and oxygen atoms in total. The van der Waals surface area contributed by atoms with Gasteiger partial charge in [0.1, 0.15) is 0 Å². The van der Waals surface area contributed by atoms with Crippen molar-refractivity contribution in [1.82, 2.24) is 10.2 Å². The number of thioether (sulfide) groups is 1. The van der Waals surface area contributed by atoms with Gasteiger partial charge in [-0.15, -0.1) is 0 Å². The van der Waals surface area contributed by atoms with E-state index in [1.807, 2.05) is 4.90 Å². The summed E-state index contributed by atoms with van der Waals surface area (Å²) in [6.07, 6.45) is 6.24. The lowest BCUT2D eigenvalue weighted by atomic mass is 9.97. The minimum atomic E-state index is -2.46. The second-order valence-corrected chi connectivity index (χ2v) is 8.44. The van der Waals surface area contributed by atoms with Crippen LogP contribution in [0, 0.1) is 5.92 Å². The van der Waals surface area contributed by atoms with Gasteiger partial charge in [-0.1, -0.05) is 37.9 Å². The Morgan fingerprint density at radius 2 is 1.97 bits per heavy atom. The molecule has 0 aliphatic carbocycles. The van der Waals surface area contributed by atoms with Crippen LogP contribution in [0.15, 0.2) is 29.2 Å². The van der Waals surface area contributed by atoms with Crippen LogP contribution < -0.4 is 10.6 Å². The number of unbranched alkanes of at least 4 members (excludes halogenated alkanes) is 3. The minimum Gasteiger partial charge on any atom is -0.356 e. The number of halogens is 2. The Balaban J connectivity index is 1.73. The van der Waals surface area contributed by atoms with Gasteiger partial charge in [0, 0.05) is 23.7 Å². The molecule has 2 N–H and O–H groups in total. The van der Waals surface area contributed by atoms with E-state index in [1.165, 1.54) is 12.8 Å². The van der Waals surface area contributed by atoms with Gasteiger partial charge in [0.25, 0.3) is 5.76 Å². The van der Waals surface area contributed by atoms with E-state index in [0.717, 1.165) is 38.8 Å². The quantitative estimate of drug-likeness (QED) is 0.407. The largest absolute Gasteiger partial charge is 0.356 e. The van der Waals surface area contributed by atoms with Crippen LogP contribution in [0.25, 0.3) is 0 Å². The van der Waals surface area contributed by atoms with Crippen LogP contribution in [-0.2, 0) is 9.59 Å². The zero-order valence-corrected chi connectivity index (χ0v) is 17.8. The van der Waals surface area contributed by atoms with Gasteiger partial charge in [-0.2, -0.15) is 8.78 Å². The molecule has 29 heavy (non-hydrogen) atoms. The molecule has 0 spiro atoms. The molecule has 2 amide bonds. The molecule has 0 bridgehead atoms. The Bertz CT molecular complexity index is 643. The standard InChI is InChI=1S/C21H31F2N3O2S/c1-2-3-4-5-12-24-20(28)16-7-6-13-26(14-16)15-19(27)25-17-8-10-18(11-9-17)29-21(22)23/h8-11,16,21H,2-7,12-15H2,1H3,(H,24,28)(H,25,27). The molecule has 1 aliphatic rings. The van der Waals surface area contributed by atoms with E-state index >= 15 is 0 Å². The van der Waals surface area contributed by atoms with Crippen LogP contribution in [0.5, 0.6) is 0 Å². The topological polar surface area (TPSA) is 61.4 Å². The van der Waals surface area contributed by atoms with Gasteiger partial charge in [0.2, 0.25) is 11.8 Å². The summed E-state index contributed by atoms with van der Waals surface area (Å²) in [6.45, 7) is 4.46. The van der Waals surface area contributed by atoms with Gasteiger partial charge in [-0.05, 0) is 50.1 Å². The van der Waals surface area contributed by atoms with E-state index in [-0.39, 0.29) is 24.3 Å². The summed E-state index contributed by atoms with van der Waals surface area (Å²) in [6, 6.07) is 6.36. The maximum Gasteiger partial charge on any atom is 0.288 e. The van der Waals surface area contributed by atoms with Gasteiger partial charge in [-0.25, -0.2) is 0 Å². The second-order valence-electron chi connectivity index (χ2n) is 7.38. The van der Waals surface area contributed by atoms with Crippen molar-refractivity contribution in [3.63, 3.8) is 0 Å². The van der Waals surface area contributed by atoms with Gasteiger partial charge < -0.3 is 10.6 Å².